The average molecular weight is 506 g/mol. The number of aliphatic hydroxyl groups is 1. The monoisotopic (exact) mass is 505 g/mol. The van der Waals surface area contributed by atoms with Crippen molar-refractivity contribution in [2.75, 3.05) is 13.1 Å². The molecule has 3 aromatic rings. The van der Waals surface area contributed by atoms with Crippen LogP contribution >= 0.6 is 0 Å². The summed E-state index contributed by atoms with van der Waals surface area (Å²) >= 11 is 0. The SMILES string of the molecule is O=C(c1ccc(CS(=O)(=O)c2cccc(OC(F)(F)F)c2)cc1)N1CC(O)(Cc2ccccc2)C1. The topological polar surface area (TPSA) is 83.9 Å². The third-order valence-corrected chi connectivity index (χ3v) is 7.27. The van der Waals surface area contributed by atoms with E-state index >= 15 is 0 Å². The van der Waals surface area contributed by atoms with Gasteiger partial charge in [-0.15, -0.1) is 13.2 Å². The zero-order valence-electron chi connectivity index (χ0n) is 18.4. The van der Waals surface area contributed by atoms with Crippen LogP contribution in [-0.4, -0.2) is 49.4 Å². The van der Waals surface area contributed by atoms with Crippen LogP contribution in [0.2, 0.25) is 0 Å². The van der Waals surface area contributed by atoms with Crippen molar-refractivity contribution in [2.45, 2.75) is 29.0 Å². The lowest BCUT2D eigenvalue weighted by Gasteiger charge is -2.46. The summed E-state index contributed by atoms with van der Waals surface area (Å²) in [5.41, 5.74) is 0.694. The van der Waals surface area contributed by atoms with E-state index in [1.54, 1.807) is 0 Å². The molecule has 1 N–H and O–H groups in total. The normalized spacial score (nSPS) is 15.4. The quantitative estimate of drug-likeness (QED) is 0.525. The molecule has 1 saturated heterocycles. The van der Waals surface area contributed by atoms with Crippen molar-refractivity contribution >= 4 is 15.7 Å². The number of ether oxygens (including phenoxy) is 1. The number of hydrogen-bond donors (Lipinski definition) is 1. The summed E-state index contributed by atoms with van der Waals surface area (Å²) in [6.45, 7) is 0.375. The lowest BCUT2D eigenvalue weighted by atomic mass is 9.86. The van der Waals surface area contributed by atoms with Crippen molar-refractivity contribution in [2.24, 2.45) is 0 Å². The molecule has 6 nitrogen and oxygen atoms in total. The Morgan fingerprint density at radius 3 is 2.23 bits per heavy atom. The first kappa shape index (κ1) is 24.7. The van der Waals surface area contributed by atoms with E-state index in [4.69, 9.17) is 0 Å². The highest BCUT2D eigenvalue weighted by Crippen LogP contribution is 2.28. The van der Waals surface area contributed by atoms with Gasteiger partial charge in [-0.2, -0.15) is 0 Å². The van der Waals surface area contributed by atoms with Gasteiger partial charge in [0.15, 0.2) is 9.84 Å². The van der Waals surface area contributed by atoms with Gasteiger partial charge in [0.1, 0.15) is 11.4 Å². The second-order valence-electron chi connectivity index (χ2n) is 8.53. The lowest BCUT2D eigenvalue weighted by Crippen LogP contribution is -2.64. The van der Waals surface area contributed by atoms with Crippen LogP contribution in [-0.2, 0) is 22.0 Å². The molecule has 0 aromatic heterocycles. The van der Waals surface area contributed by atoms with Crippen LogP contribution in [0, 0.1) is 0 Å². The van der Waals surface area contributed by atoms with Crippen molar-refractivity contribution in [3.05, 3.63) is 95.6 Å². The number of amides is 1. The third-order valence-electron chi connectivity index (χ3n) is 5.59. The largest absolute Gasteiger partial charge is 0.573 e. The Labute approximate surface area is 200 Å². The predicted molar refractivity (Wildman–Crippen MR) is 121 cm³/mol. The predicted octanol–water partition coefficient (Wildman–Crippen LogP) is 3.99. The number of hydrogen-bond acceptors (Lipinski definition) is 5. The highest BCUT2D eigenvalue weighted by molar-refractivity contribution is 7.90. The number of β-amino-alcohol motifs (C(OH)–C–C–N with tert-alkyl or cyclic N) is 1. The molecule has 1 aliphatic rings. The van der Waals surface area contributed by atoms with Gasteiger partial charge in [0.25, 0.3) is 5.91 Å². The highest BCUT2D eigenvalue weighted by atomic mass is 32.2. The van der Waals surface area contributed by atoms with Gasteiger partial charge in [0, 0.05) is 12.0 Å². The Hall–Kier alpha value is -3.37. The molecule has 10 heteroatoms. The second kappa shape index (κ2) is 9.35. The summed E-state index contributed by atoms with van der Waals surface area (Å²) in [5, 5.41) is 10.7. The van der Waals surface area contributed by atoms with Crippen LogP contribution in [0.3, 0.4) is 0 Å². The van der Waals surface area contributed by atoms with Gasteiger partial charge in [-0.1, -0.05) is 48.5 Å². The van der Waals surface area contributed by atoms with Crippen LogP contribution in [0.15, 0.2) is 83.8 Å². The van der Waals surface area contributed by atoms with Crippen LogP contribution in [0.5, 0.6) is 5.75 Å². The maximum atomic E-state index is 12.7. The van der Waals surface area contributed by atoms with Crippen LogP contribution in [0.25, 0.3) is 0 Å². The zero-order valence-corrected chi connectivity index (χ0v) is 19.2. The Morgan fingerprint density at radius 2 is 1.60 bits per heavy atom. The van der Waals surface area contributed by atoms with Crippen molar-refractivity contribution in [1.29, 1.82) is 0 Å². The van der Waals surface area contributed by atoms with Gasteiger partial charge in [-0.3, -0.25) is 4.79 Å². The fourth-order valence-corrected chi connectivity index (χ4v) is 5.37. The van der Waals surface area contributed by atoms with E-state index in [1.807, 2.05) is 30.3 Å². The van der Waals surface area contributed by atoms with E-state index in [9.17, 15) is 31.5 Å². The van der Waals surface area contributed by atoms with Gasteiger partial charge in [0.05, 0.1) is 23.7 Å². The molecule has 0 spiro atoms. The molecule has 0 aliphatic carbocycles. The molecule has 0 bridgehead atoms. The molecule has 184 valence electrons. The number of nitrogens with zero attached hydrogens (tertiary/aromatic N) is 1. The number of likely N-dealkylation sites (tertiary alicyclic amines) is 1. The number of benzene rings is 3. The molecular formula is C25H22F3NO5S. The Balaban J connectivity index is 1.38. The minimum absolute atomic E-state index is 0.188. The summed E-state index contributed by atoms with van der Waals surface area (Å²) in [6.07, 6.45) is -4.50. The summed E-state index contributed by atoms with van der Waals surface area (Å²) in [5.74, 6) is -1.37. The number of carbonyl (C=O) groups excluding carboxylic acids is 1. The molecule has 1 amide bonds. The molecule has 1 fully saturated rings. The number of alkyl halides is 3. The number of rotatable bonds is 7. The van der Waals surface area contributed by atoms with E-state index in [0.717, 1.165) is 17.7 Å². The molecule has 3 aromatic carbocycles. The minimum atomic E-state index is -4.93. The van der Waals surface area contributed by atoms with Crippen molar-refractivity contribution in [3.63, 3.8) is 0 Å². The molecule has 0 radical (unpaired) electrons. The fraction of sp³-hybridized carbons (Fsp3) is 0.240. The average Bonchev–Trinajstić information content (AvgIpc) is 2.77. The molecular weight excluding hydrogens is 483 g/mol. The van der Waals surface area contributed by atoms with E-state index in [1.165, 1.54) is 41.3 Å². The van der Waals surface area contributed by atoms with Crippen LogP contribution < -0.4 is 4.74 Å². The van der Waals surface area contributed by atoms with Crippen LogP contribution in [0.1, 0.15) is 21.5 Å². The molecule has 1 heterocycles. The van der Waals surface area contributed by atoms with Gasteiger partial charge < -0.3 is 14.7 Å². The van der Waals surface area contributed by atoms with Crippen molar-refractivity contribution in [3.8, 4) is 5.75 Å². The first-order chi connectivity index (χ1) is 16.4. The van der Waals surface area contributed by atoms with Crippen molar-refractivity contribution in [1.82, 2.24) is 4.90 Å². The molecule has 35 heavy (non-hydrogen) atoms. The Morgan fingerprint density at radius 1 is 0.943 bits per heavy atom. The number of halogens is 3. The van der Waals surface area contributed by atoms with E-state index < -0.39 is 33.3 Å². The van der Waals surface area contributed by atoms with E-state index in [-0.39, 0.29) is 23.9 Å². The second-order valence-corrected chi connectivity index (χ2v) is 10.5. The number of carbonyl (C=O) groups is 1. The number of sulfone groups is 1. The summed E-state index contributed by atoms with van der Waals surface area (Å²) in [6, 6.07) is 19.6. The van der Waals surface area contributed by atoms with E-state index in [0.29, 0.717) is 17.5 Å². The standard InChI is InChI=1S/C25H22F3NO5S/c26-25(27,28)34-21-7-4-8-22(13-21)35(32,33)15-19-9-11-20(12-10-19)23(30)29-16-24(31,17-29)14-18-5-2-1-3-6-18/h1-13,31H,14-17H2. The first-order valence-corrected chi connectivity index (χ1v) is 12.3. The summed E-state index contributed by atoms with van der Waals surface area (Å²) in [7, 11) is -3.96. The van der Waals surface area contributed by atoms with Crippen molar-refractivity contribution < 1.29 is 36.2 Å². The molecule has 0 unspecified atom stereocenters. The minimum Gasteiger partial charge on any atom is -0.406 e. The molecule has 4 rings (SSSR count). The summed E-state index contributed by atoms with van der Waals surface area (Å²) < 4.78 is 66.4. The van der Waals surface area contributed by atoms with E-state index in [2.05, 4.69) is 4.74 Å². The smallest absolute Gasteiger partial charge is 0.406 e. The fourth-order valence-electron chi connectivity index (χ4n) is 3.99. The van der Waals surface area contributed by atoms with Gasteiger partial charge in [-0.05, 0) is 41.5 Å². The lowest BCUT2D eigenvalue weighted by molar-refractivity contribution is -0.274. The zero-order chi connectivity index (χ0) is 25.3. The first-order valence-electron chi connectivity index (χ1n) is 10.7. The Bertz CT molecular complexity index is 1300. The molecule has 0 atom stereocenters. The van der Waals surface area contributed by atoms with Crippen LogP contribution in [0.4, 0.5) is 13.2 Å². The summed E-state index contributed by atoms with van der Waals surface area (Å²) in [4.78, 5) is 13.9. The Kier molecular flexibility index (Phi) is 6.61. The molecule has 0 saturated carbocycles. The third kappa shape index (κ3) is 6.20. The van der Waals surface area contributed by atoms with Gasteiger partial charge in [0.2, 0.25) is 0 Å². The van der Waals surface area contributed by atoms with Gasteiger partial charge in [-0.25, -0.2) is 8.42 Å². The maximum Gasteiger partial charge on any atom is 0.573 e. The highest BCUT2D eigenvalue weighted by Gasteiger charge is 2.43. The molecule has 1 aliphatic heterocycles. The maximum absolute atomic E-state index is 12.7. The van der Waals surface area contributed by atoms with Gasteiger partial charge >= 0.3 is 6.36 Å².